The topological polar surface area (TPSA) is 59.1 Å². The first kappa shape index (κ1) is 21.8. The van der Waals surface area contributed by atoms with Gasteiger partial charge in [-0.2, -0.15) is 0 Å². The van der Waals surface area contributed by atoms with E-state index in [1.54, 1.807) is 9.80 Å². The molecule has 6 heteroatoms. The summed E-state index contributed by atoms with van der Waals surface area (Å²) >= 11 is 0. The van der Waals surface area contributed by atoms with E-state index in [0.717, 1.165) is 12.8 Å². The maximum atomic E-state index is 12.8. The molecule has 0 unspecified atom stereocenters. The number of carbonyl (C=O) groups is 2. The van der Waals surface area contributed by atoms with Crippen molar-refractivity contribution in [1.29, 1.82) is 0 Å². The zero-order chi connectivity index (χ0) is 23.2. The van der Waals surface area contributed by atoms with Crippen LogP contribution in [0.2, 0.25) is 0 Å². The summed E-state index contributed by atoms with van der Waals surface area (Å²) < 4.78 is 11.3. The Morgan fingerprint density at radius 2 is 1.42 bits per heavy atom. The van der Waals surface area contributed by atoms with Gasteiger partial charge in [-0.05, 0) is 55.9 Å². The van der Waals surface area contributed by atoms with Crippen LogP contribution in [0.15, 0.2) is 48.5 Å². The summed E-state index contributed by atoms with van der Waals surface area (Å²) in [5.41, 5.74) is 4.53. The van der Waals surface area contributed by atoms with Crippen molar-refractivity contribution in [2.45, 2.75) is 45.1 Å². The van der Waals surface area contributed by atoms with Crippen molar-refractivity contribution in [2.24, 2.45) is 5.41 Å². The van der Waals surface area contributed by atoms with Gasteiger partial charge in [0.25, 0.3) is 0 Å². The average Bonchev–Trinajstić information content (AvgIpc) is 3.08. The third kappa shape index (κ3) is 4.19. The fourth-order valence-electron chi connectivity index (χ4n) is 5.38. The lowest BCUT2D eigenvalue weighted by atomic mass is 9.72. The van der Waals surface area contributed by atoms with Gasteiger partial charge in [0, 0.05) is 37.5 Å². The second-order valence-electron chi connectivity index (χ2n) is 10.6. The van der Waals surface area contributed by atoms with Crippen LogP contribution in [0.3, 0.4) is 0 Å². The molecule has 0 radical (unpaired) electrons. The molecule has 33 heavy (non-hydrogen) atoms. The molecule has 2 aliphatic heterocycles. The summed E-state index contributed by atoms with van der Waals surface area (Å²) in [6.45, 7) is 8.75. The Kier molecular flexibility index (Phi) is 5.34. The molecule has 2 heterocycles. The molecule has 2 aromatic rings. The van der Waals surface area contributed by atoms with Crippen LogP contribution in [0.5, 0.6) is 0 Å². The smallest absolute Gasteiger partial charge is 0.410 e. The number of piperidine rings is 1. The van der Waals surface area contributed by atoms with E-state index in [4.69, 9.17) is 9.47 Å². The number of hydrogen-bond donors (Lipinski definition) is 0. The van der Waals surface area contributed by atoms with E-state index in [2.05, 4.69) is 36.4 Å². The summed E-state index contributed by atoms with van der Waals surface area (Å²) in [5, 5.41) is 0. The number of amides is 2. The van der Waals surface area contributed by atoms with Crippen LogP contribution in [-0.2, 0) is 9.47 Å². The molecule has 0 N–H and O–H groups in total. The van der Waals surface area contributed by atoms with Gasteiger partial charge in [0.05, 0.1) is 0 Å². The van der Waals surface area contributed by atoms with Gasteiger partial charge < -0.3 is 19.3 Å². The SMILES string of the molecule is CC(C)(C)OC(=O)N1CCC2(CC1)CN(C(=O)OCC1c3ccccc3-c3ccccc31)C2. The minimum atomic E-state index is -0.483. The second-order valence-corrected chi connectivity index (χ2v) is 10.6. The van der Waals surface area contributed by atoms with Crippen LogP contribution in [0.25, 0.3) is 11.1 Å². The standard InChI is InChI=1S/C27H32N2O4/c1-26(2,3)33-25(31)28-14-12-27(13-15-28)17-29(18-27)24(30)32-16-23-21-10-6-4-8-19(21)20-9-5-7-11-22(20)23/h4-11,23H,12-18H2,1-3H3. The summed E-state index contributed by atoms with van der Waals surface area (Å²) in [6.07, 6.45) is 1.29. The number of likely N-dealkylation sites (tertiary alicyclic amines) is 2. The summed E-state index contributed by atoms with van der Waals surface area (Å²) in [7, 11) is 0. The van der Waals surface area contributed by atoms with E-state index in [1.807, 2.05) is 32.9 Å². The molecule has 3 aliphatic rings. The van der Waals surface area contributed by atoms with Gasteiger partial charge in [-0.15, -0.1) is 0 Å². The minimum absolute atomic E-state index is 0.0775. The van der Waals surface area contributed by atoms with E-state index in [0.29, 0.717) is 32.8 Å². The van der Waals surface area contributed by atoms with Gasteiger partial charge >= 0.3 is 12.2 Å². The number of benzene rings is 2. The van der Waals surface area contributed by atoms with E-state index in [9.17, 15) is 9.59 Å². The molecule has 6 nitrogen and oxygen atoms in total. The van der Waals surface area contributed by atoms with Gasteiger partial charge in [0.15, 0.2) is 0 Å². The van der Waals surface area contributed by atoms with Crippen LogP contribution in [0.1, 0.15) is 50.7 Å². The fraction of sp³-hybridized carbons (Fsp3) is 0.481. The lowest BCUT2D eigenvalue weighted by Gasteiger charge is -2.53. The highest BCUT2D eigenvalue weighted by Gasteiger charge is 2.48. The molecule has 0 bridgehead atoms. The number of fused-ring (bicyclic) bond motifs is 3. The molecule has 5 rings (SSSR count). The van der Waals surface area contributed by atoms with E-state index < -0.39 is 5.60 Å². The molecule has 2 saturated heterocycles. The van der Waals surface area contributed by atoms with Crippen molar-refractivity contribution in [3.8, 4) is 11.1 Å². The number of nitrogens with zero attached hydrogens (tertiary/aromatic N) is 2. The highest BCUT2D eigenvalue weighted by atomic mass is 16.6. The zero-order valence-corrected chi connectivity index (χ0v) is 19.7. The monoisotopic (exact) mass is 448 g/mol. The number of rotatable bonds is 2. The molecule has 0 aromatic heterocycles. The van der Waals surface area contributed by atoms with Crippen molar-refractivity contribution in [1.82, 2.24) is 9.80 Å². The molecule has 174 valence electrons. The summed E-state index contributed by atoms with van der Waals surface area (Å²) in [6, 6.07) is 16.7. The average molecular weight is 449 g/mol. The quantitative estimate of drug-likeness (QED) is 0.628. The van der Waals surface area contributed by atoms with E-state index >= 15 is 0 Å². The van der Waals surface area contributed by atoms with E-state index in [1.165, 1.54) is 22.3 Å². The number of ether oxygens (including phenoxy) is 2. The maximum Gasteiger partial charge on any atom is 0.410 e. The summed E-state index contributed by atoms with van der Waals surface area (Å²) in [5.74, 6) is 0.0775. The van der Waals surface area contributed by atoms with Crippen molar-refractivity contribution < 1.29 is 19.1 Å². The lowest BCUT2D eigenvalue weighted by Crippen LogP contribution is -2.62. The Morgan fingerprint density at radius 3 is 1.97 bits per heavy atom. The van der Waals surface area contributed by atoms with Gasteiger partial charge in [-0.1, -0.05) is 48.5 Å². The molecule has 1 aliphatic carbocycles. The molecule has 1 spiro atoms. The molecular weight excluding hydrogens is 416 g/mol. The van der Waals surface area contributed by atoms with Crippen LogP contribution in [0, 0.1) is 5.41 Å². The third-order valence-electron chi connectivity index (χ3n) is 7.12. The number of hydrogen-bond acceptors (Lipinski definition) is 4. The molecule has 2 aromatic carbocycles. The van der Waals surface area contributed by atoms with Crippen LogP contribution < -0.4 is 0 Å². The van der Waals surface area contributed by atoms with Gasteiger partial charge in [-0.3, -0.25) is 0 Å². The molecular formula is C27H32N2O4. The zero-order valence-electron chi connectivity index (χ0n) is 19.7. The van der Waals surface area contributed by atoms with Crippen LogP contribution in [-0.4, -0.2) is 60.4 Å². The predicted molar refractivity (Wildman–Crippen MR) is 126 cm³/mol. The largest absolute Gasteiger partial charge is 0.448 e. The van der Waals surface area contributed by atoms with E-state index in [-0.39, 0.29) is 23.5 Å². The first-order chi connectivity index (χ1) is 15.7. The van der Waals surface area contributed by atoms with Gasteiger partial charge in [0.1, 0.15) is 12.2 Å². The Labute approximate surface area is 195 Å². The Bertz CT molecular complexity index is 1010. The van der Waals surface area contributed by atoms with Crippen LogP contribution >= 0.6 is 0 Å². The molecule has 2 amide bonds. The van der Waals surface area contributed by atoms with Crippen molar-refractivity contribution in [3.05, 3.63) is 59.7 Å². The highest BCUT2D eigenvalue weighted by molar-refractivity contribution is 5.79. The Hall–Kier alpha value is -3.02. The highest BCUT2D eigenvalue weighted by Crippen LogP contribution is 2.45. The van der Waals surface area contributed by atoms with Crippen LogP contribution in [0.4, 0.5) is 9.59 Å². The summed E-state index contributed by atoms with van der Waals surface area (Å²) in [4.78, 5) is 28.7. The second kappa shape index (κ2) is 8.08. The first-order valence-corrected chi connectivity index (χ1v) is 11.8. The Balaban J connectivity index is 1.14. The van der Waals surface area contributed by atoms with Gasteiger partial charge in [-0.25, -0.2) is 9.59 Å². The van der Waals surface area contributed by atoms with Crippen molar-refractivity contribution in [3.63, 3.8) is 0 Å². The van der Waals surface area contributed by atoms with Crippen molar-refractivity contribution in [2.75, 3.05) is 32.8 Å². The van der Waals surface area contributed by atoms with Crippen molar-refractivity contribution >= 4 is 12.2 Å². The lowest BCUT2D eigenvalue weighted by molar-refractivity contribution is -0.0471. The molecule has 2 fully saturated rings. The molecule has 0 atom stereocenters. The first-order valence-electron chi connectivity index (χ1n) is 11.8. The Morgan fingerprint density at radius 1 is 0.879 bits per heavy atom. The molecule has 0 saturated carbocycles. The normalized spacial score (nSPS) is 19.0. The predicted octanol–water partition coefficient (Wildman–Crippen LogP) is 5.27. The number of carbonyl (C=O) groups excluding carboxylic acids is 2. The minimum Gasteiger partial charge on any atom is -0.448 e. The maximum absolute atomic E-state index is 12.8. The fourth-order valence-corrected chi connectivity index (χ4v) is 5.38. The van der Waals surface area contributed by atoms with Gasteiger partial charge in [0.2, 0.25) is 0 Å². The third-order valence-corrected chi connectivity index (χ3v) is 7.12.